The number of aromatic nitrogens is 2. The fourth-order valence-corrected chi connectivity index (χ4v) is 2.76. The molecule has 2 heterocycles. The standard InChI is InChI=1S/C20H16FN3O5/c1-26-15-7-3-5-13(9-15)19-22-18(29-24-19)11-27-20(25)17-10-16(23-28-17)12-4-2-6-14(21)8-12/h2-9,17H,10-11H2,1H3. The molecular formula is C20H16FN3O5. The quantitative estimate of drug-likeness (QED) is 0.590. The van der Waals surface area contributed by atoms with Crippen LogP contribution in [-0.4, -0.2) is 35.0 Å². The van der Waals surface area contributed by atoms with Gasteiger partial charge in [0, 0.05) is 17.5 Å². The van der Waals surface area contributed by atoms with Crippen molar-refractivity contribution >= 4 is 11.7 Å². The van der Waals surface area contributed by atoms with E-state index < -0.39 is 12.1 Å². The molecule has 1 aromatic heterocycles. The Labute approximate surface area is 164 Å². The number of halogens is 1. The Morgan fingerprint density at radius 3 is 2.86 bits per heavy atom. The highest BCUT2D eigenvalue weighted by Crippen LogP contribution is 2.22. The van der Waals surface area contributed by atoms with E-state index in [0.717, 1.165) is 0 Å². The second kappa shape index (κ2) is 8.09. The van der Waals surface area contributed by atoms with E-state index >= 15 is 0 Å². The first kappa shape index (κ1) is 18.6. The van der Waals surface area contributed by atoms with Crippen molar-refractivity contribution in [3.63, 3.8) is 0 Å². The van der Waals surface area contributed by atoms with Crippen molar-refractivity contribution in [2.24, 2.45) is 5.16 Å². The van der Waals surface area contributed by atoms with Crippen molar-refractivity contribution in [3.05, 3.63) is 65.8 Å². The maximum Gasteiger partial charge on any atom is 0.351 e. The van der Waals surface area contributed by atoms with Gasteiger partial charge in [-0.1, -0.05) is 34.6 Å². The largest absolute Gasteiger partial charge is 0.497 e. The zero-order chi connectivity index (χ0) is 20.2. The molecule has 1 aliphatic rings. The molecule has 2 aromatic carbocycles. The fraction of sp³-hybridized carbons (Fsp3) is 0.200. The Kier molecular flexibility index (Phi) is 5.19. The Morgan fingerprint density at radius 1 is 1.21 bits per heavy atom. The SMILES string of the molecule is COc1cccc(-c2noc(COC(=O)C3CC(c4cccc(F)c4)=NO3)n2)c1. The summed E-state index contributed by atoms with van der Waals surface area (Å²) in [5.41, 5.74) is 1.74. The molecule has 3 aromatic rings. The minimum atomic E-state index is -0.908. The summed E-state index contributed by atoms with van der Waals surface area (Å²) in [6, 6.07) is 13.1. The normalized spacial score (nSPS) is 15.5. The van der Waals surface area contributed by atoms with E-state index in [-0.39, 0.29) is 24.7 Å². The molecular weight excluding hydrogens is 381 g/mol. The molecule has 1 atom stereocenters. The number of carbonyl (C=O) groups excluding carboxylic acids is 1. The second-order valence-corrected chi connectivity index (χ2v) is 6.20. The minimum Gasteiger partial charge on any atom is -0.497 e. The minimum absolute atomic E-state index is 0.139. The second-order valence-electron chi connectivity index (χ2n) is 6.20. The first-order valence-electron chi connectivity index (χ1n) is 8.74. The lowest BCUT2D eigenvalue weighted by Gasteiger charge is -2.06. The number of methoxy groups -OCH3 is 1. The summed E-state index contributed by atoms with van der Waals surface area (Å²) in [6.45, 7) is -0.203. The number of rotatable bonds is 6. The Balaban J connectivity index is 1.33. The summed E-state index contributed by atoms with van der Waals surface area (Å²) in [4.78, 5) is 21.5. The van der Waals surface area contributed by atoms with E-state index in [1.165, 1.54) is 12.1 Å². The predicted molar refractivity (Wildman–Crippen MR) is 98.5 cm³/mol. The third-order valence-corrected chi connectivity index (χ3v) is 4.22. The smallest absolute Gasteiger partial charge is 0.351 e. The molecule has 0 saturated heterocycles. The number of carbonyl (C=O) groups is 1. The zero-order valence-electron chi connectivity index (χ0n) is 15.4. The van der Waals surface area contributed by atoms with Crippen LogP contribution in [0, 0.1) is 5.82 Å². The lowest BCUT2D eigenvalue weighted by Crippen LogP contribution is -2.23. The van der Waals surface area contributed by atoms with Gasteiger partial charge in [0.1, 0.15) is 11.6 Å². The first-order chi connectivity index (χ1) is 14.1. The van der Waals surface area contributed by atoms with Gasteiger partial charge in [0.15, 0.2) is 6.61 Å². The summed E-state index contributed by atoms with van der Waals surface area (Å²) in [7, 11) is 1.56. The van der Waals surface area contributed by atoms with Crippen molar-refractivity contribution in [1.29, 1.82) is 0 Å². The molecule has 0 saturated carbocycles. The molecule has 148 valence electrons. The van der Waals surface area contributed by atoms with Crippen LogP contribution < -0.4 is 4.74 Å². The van der Waals surface area contributed by atoms with Gasteiger partial charge in [-0.05, 0) is 24.3 Å². The lowest BCUT2D eigenvalue weighted by atomic mass is 10.1. The maximum atomic E-state index is 13.3. The van der Waals surface area contributed by atoms with Gasteiger partial charge in [0.2, 0.25) is 11.9 Å². The number of hydrogen-bond acceptors (Lipinski definition) is 8. The van der Waals surface area contributed by atoms with Crippen molar-refractivity contribution in [2.45, 2.75) is 19.1 Å². The molecule has 8 nitrogen and oxygen atoms in total. The number of nitrogens with zero attached hydrogens (tertiary/aromatic N) is 3. The monoisotopic (exact) mass is 397 g/mol. The summed E-state index contributed by atoms with van der Waals surface area (Å²) in [5.74, 6) is 0.137. The van der Waals surface area contributed by atoms with Crippen molar-refractivity contribution in [2.75, 3.05) is 7.11 Å². The molecule has 0 fully saturated rings. The Bertz CT molecular complexity index is 1070. The van der Waals surface area contributed by atoms with Crippen LogP contribution in [-0.2, 0) is 21.0 Å². The van der Waals surface area contributed by atoms with Gasteiger partial charge >= 0.3 is 5.97 Å². The van der Waals surface area contributed by atoms with Crippen LogP contribution in [0.5, 0.6) is 5.75 Å². The van der Waals surface area contributed by atoms with Gasteiger partial charge in [-0.15, -0.1) is 0 Å². The number of benzene rings is 2. The molecule has 9 heteroatoms. The van der Waals surface area contributed by atoms with Crippen LogP contribution in [0.3, 0.4) is 0 Å². The number of ether oxygens (including phenoxy) is 2. The summed E-state index contributed by atoms with van der Waals surface area (Å²) in [5, 5.41) is 7.73. The molecule has 4 rings (SSSR count). The molecule has 1 unspecified atom stereocenters. The van der Waals surface area contributed by atoms with Crippen LogP contribution in [0.25, 0.3) is 11.4 Å². The average molecular weight is 397 g/mol. The van der Waals surface area contributed by atoms with Crippen LogP contribution in [0.2, 0.25) is 0 Å². The van der Waals surface area contributed by atoms with Crippen LogP contribution >= 0.6 is 0 Å². The van der Waals surface area contributed by atoms with Gasteiger partial charge in [-0.2, -0.15) is 4.98 Å². The Hall–Kier alpha value is -3.75. The highest BCUT2D eigenvalue weighted by Gasteiger charge is 2.30. The topological polar surface area (TPSA) is 96.0 Å². The van der Waals surface area contributed by atoms with Gasteiger partial charge < -0.3 is 18.8 Å². The number of oxime groups is 1. The molecule has 0 radical (unpaired) electrons. The molecule has 1 aliphatic heterocycles. The van der Waals surface area contributed by atoms with Gasteiger partial charge in [-0.3, -0.25) is 0 Å². The molecule has 0 N–H and O–H groups in total. The van der Waals surface area contributed by atoms with E-state index in [1.54, 1.807) is 43.5 Å². The molecule has 0 bridgehead atoms. The van der Waals surface area contributed by atoms with Gasteiger partial charge in [-0.25, -0.2) is 9.18 Å². The van der Waals surface area contributed by atoms with Crippen LogP contribution in [0.4, 0.5) is 4.39 Å². The first-order valence-corrected chi connectivity index (χ1v) is 8.74. The van der Waals surface area contributed by atoms with Crippen molar-refractivity contribution in [3.8, 4) is 17.1 Å². The maximum absolute atomic E-state index is 13.3. The van der Waals surface area contributed by atoms with E-state index in [0.29, 0.717) is 28.4 Å². The van der Waals surface area contributed by atoms with Gasteiger partial charge in [0.25, 0.3) is 5.89 Å². The highest BCUT2D eigenvalue weighted by atomic mass is 19.1. The van der Waals surface area contributed by atoms with Gasteiger partial charge in [0.05, 0.1) is 12.8 Å². The third kappa shape index (κ3) is 4.23. The van der Waals surface area contributed by atoms with Crippen molar-refractivity contribution in [1.82, 2.24) is 10.1 Å². The summed E-state index contributed by atoms with van der Waals surface area (Å²) >= 11 is 0. The van der Waals surface area contributed by atoms with E-state index in [4.69, 9.17) is 18.8 Å². The third-order valence-electron chi connectivity index (χ3n) is 4.22. The molecule has 0 amide bonds. The van der Waals surface area contributed by atoms with Crippen LogP contribution in [0.15, 0.2) is 58.2 Å². The molecule has 0 spiro atoms. The fourth-order valence-electron chi connectivity index (χ4n) is 2.76. The highest BCUT2D eigenvalue weighted by molar-refractivity contribution is 6.03. The summed E-state index contributed by atoms with van der Waals surface area (Å²) < 4.78 is 28.8. The molecule has 29 heavy (non-hydrogen) atoms. The van der Waals surface area contributed by atoms with Crippen LogP contribution in [0.1, 0.15) is 17.9 Å². The number of hydrogen-bond donors (Lipinski definition) is 0. The van der Waals surface area contributed by atoms with E-state index in [9.17, 15) is 9.18 Å². The van der Waals surface area contributed by atoms with E-state index in [1.807, 2.05) is 0 Å². The lowest BCUT2D eigenvalue weighted by molar-refractivity contribution is -0.157. The Morgan fingerprint density at radius 2 is 2.03 bits per heavy atom. The summed E-state index contributed by atoms with van der Waals surface area (Å²) in [6.07, 6.45) is -0.727. The van der Waals surface area contributed by atoms with Crippen molar-refractivity contribution < 1.29 is 28.0 Å². The zero-order valence-corrected chi connectivity index (χ0v) is 15.4. The predicted octanol–water partition coefficient (Wildman–Crippen LogP) is 3.12. The average Bonchev–Trinajstić information content (AvgIpc) is 3.42. The number of esters is 1. The van der Waals surface area contributed by atoms with E-state index in [2.05, 4.69) is 15.3 Å². The molecule has 0 aliphatic carbocycles.